The van der Waals surface area contributed by atoms with Crippen LogP contribution >= 0.6 is 0 Å². The second-order valence-corrected chi connectivity index (χ2v) is 8.95. The van der Waals surface area contributed by atoms with Crippen molar-refractivity contribution in [3.05, 3.63) is 24.3 Å². The van der Waals surface area contributed by atoms with Crippen LogP contribution in [-0.4, -0.2) is 12.2 Å². The first-order valence-electron chi connectivity index (χ1n) is 13.5. The Bertz CT molecular complexity index is 431. The lowest BCUT2D eigenvalue weighted by Gasteiger charge is -2.16. The predicted molar refractivity (Wildman–Crippen MR) is 136 cm³/mol. The number of hydrogen-bond acceptors (Lipinski definition) is 2. The molecule has 0 bridgehead atoms. The van der Waals surface area contributed by atoms with Gasteiger partial charge in [0.1, 0.15) is 6.10 Å². The summed E-state index contributed by atoms with van der Waals surface area (Å²) in [6.07, 6.45) is 33.2. The molecule has 31 heavy (non-hydrogen) atoms. The highest BCUT2D eigenvalue weighted by molar-refractivity contribution is 5.64. The van der Waals surface area contributed by atoms with Crippen molar-refractivity contribution >= 4 is 6.09 Å². The smallest absolute Gasteiger partial charge is 0.404 e. The molecule has 1 amide bonds. The first-order chi connectivity index (χ1) is 15.2. The zero-order valence-corrected chi connectivity index (χ0v) is 20.9. The highest BCUT2D eigenvalue weighted by Crippen LogP contribution is 2.17. The van der Waals surface area contributed by atoms with Gasteiger partial charge in [0.25, 0.3) is 0 Å². The number of carbonyl (C=O) groups excluding carboxylic acids is 1. The molecule has 0 aliphatic rings. The highest BCUT2D eigenvalue weighted by atomic mass is 16.6. The normalized spacial score (nSPS) is 12.7. The SMILES string of the molecule is CC/C=C/CCCCCCCCC(CCCCCCCC/C=C\CCCC)OC(N)=O. The van der Waals surface area contributed by atoms with E-state index in [0.29, 0.717) is 0 Å². The summed E-state index contributed by atoms with van der Waals surface area (Å²) in [5, 5.41) is 0. The maximum Gasteiger partial charge on any atom is 0.404 e. The van der Waals surface area contributed by atoms with Crippen molar-refractivity contribution in [2.75, 3.05) is 0 Å². The molecule has 1 unspecified atom stereocenters. The molecule has 1 atom stereocenters. The number of unbranched alkanes of at least 4 members (excludes halogenated alkanes) is 14. The Morgan fingerprint density at radius 3 is 1.52 bits per heavy atom. The molecule has 0 saturated carbocycles. The van der Waals surface area contributed by atoms with Gasteiger partial charge in [-0.15, -0.1) is 0 Å². The minimum Gasteiger partial charge on any atom is -0.446 e. The van der Waals surface area contributed by atoms with Gasteiger partial charge < -0.3 is 10.5 Å². The first kappa shape index (κ1) is 29.8. The van der Waals surface area contributed by atoms with Gasteiger partial charge in [0.05, 0.1) is 0 Å². The average Bonchev–Trinajstić information content (AvgIpc) is 2.75. The van der Waals surface area contributed by atoms with Gasteiger partial charge in [-0.2, -0.15) is 0 Å². The van der Waals surface area contributed by atoms with E-state index in [1.165, 1.54) is 96.3 Å². The third-order valence-corrected chi connectivity index (χ3v) is 5.87. The van der Waals surface area contributed by atoms with Crippen LogP contribution in [0, 0.1) is 0 Å². The summed E-state index contributed by atoms with van der Waals surface area (Å²) in [6.45, 7) is 4.42. The Balaban J connectivity index is 3.61. The van der Waals surface area contributed by atoms with E-state index in [4.69, 9.17) is 10.5 Å². The van der Waals surface area contributed by atoms with E-state index in [9.17, 15) is 4.79 Å². The molecule has 0 aromatic carbocycles. The first-order valence-corrected chi connectivity index (χ1v) is 13.5. The molecule has 3 heteroatoms. The fraction of sp³-hybridized carbons (Fsp3) is 0.821. The van der Waals surface area contributed by atoms with E-state index in [-0.39, 0.29) is 6.10 Å². The minimum absolute atomic E-state index is 0.0185. The summed E-state index contributed by atoms with van der Waals surface area (Å²) in [4.78, 5) is 11.2. The molecular formula is C28H53NO2. The topological polar surface area (TPSA) is 52.3 Å². The Labute approximate surface area is 194 Å². The minimum atomic E-state index is -0.614. The molecule has 0 saturated heterocycles. The van der Waals surface area contributed by atoms with Crippen molar-refractivity contribution in [3.63, 3.8) is 0 Å². The van der Waals surface area contributed by atoms with Crippen LogP contribution in [0.1, 0.15) is 142 Å². The van der Waals surface area contributed by atoms with Gasteiger partial charge in [-0.05, 0) is 64.2 Å². The van der Waals surface area contributed by atoms with Crippen LogP contribution in [-0.2, 0) is 4.74 Å². The van der Waals surface area contributed by atoms with E-state index in [1.807, 2.05) is 0 Å². The maximum atomic E-state index is 11.2. The van der Waals surface area contributed by atoms with Crippen LogP contribution in [0.5, 0.6) is 0 Å². The van der Waals surface area contributed by atoms with E-state index >= 15 is 0 Å². The summed E-state index contributed by atoms with van der Waals surface area (Å²) in [5.74, 6) is 0. The fourth-order valence-electron chi connectivity index (χ4n) is 3.95. The molecule has 0 aromatic heterocycles. The van der Waals surface area contributed by atoms with E-state index < -0.39 is 6.09 Å². The highest BCUT2D eigenvalue weighted by Gasteiger charge is 2.11. The molecule has 0 aliphatic carbocycles. The van der Waals surface area contributed by atoms with E-state index in [2.05, 4.69) is 38.2 Å². The lowest BCUT2D eigenvalue weighted by atomic mass is 10.0. The third-order valence-electron chi connectivity index (χ3n) is 5.87. The standard InChI is InChI=1S/C28H53NO2/c1-3-5-7-9-11-13-15-16-18-20-22-24-26-27(31-28(29)30)25-23-21-19-17-14-12-10-8-6-4-2/h6,8-9,11,27H,3-5,7,10,12-26H2,1-2H3,(H2,29,30)/b8-6+,11-9-. The predicted octanol–water partition coefficient (Wildman–Crippen LogP) is 9.40. The zero-order chi connectivity index (χ0) is 22.8. The molecule has 0 rings (SSSR count). The summed E-state index contributed by atoms with van der Waals surface area (Å²) in [7, 11) is 0. The van der Waals surface area contributed by atoms with Gasteiger partial charge in [0.2, 0.25) is 0 Å². The number of hydrogen-bond donors (Lipinski definition) is 1. The molecule has 182 valence electrons. The van der Waals surface area contributed by atoms with Crippen LogP contribution in [0.3, 0.4) is 0 Å². The van der Waals surface area contributed by atoms with Gasteiger partial charge in [-0.3, -0.25) is 0 Å². The number of amides is 1. The summed E-state index contributed by atoms with van der Waals surface area (Å²) < 4.78 is 5.36. The molecule has 0 spiro atoms. The van der Waals surface area contributed by atoms with Crippen LogP contribution < -0.4 is 5.73 Å². The number of primary amides is 1. The number of carbonyl (C=O) groups is 1. The van der Waals surface area contributed by atoms with Crippen molar-refractivity contribution in [2.45, 2.75) is 148 Å². The van der Waals surface area contributed by atoms with Crippen LogP contribution in [0.15, 0.2) is 24.3 Å². The van der Waals surface area contributed by atoms with Crippen LogP contribution in [0.4, 0.5) is 4.79 Å². The number of allylic oxidation sites excluding steroid dienone is 4. The number of ether oxygens (including phenoxy) is 1. The third kappa shape index (κ3) is 24.9. The van der Waals surface area contributed by atoms with Gasteiger partial charge in [0, 0.05) is 0 Å². The van der Waals surface area contributed by atoms with Crippen LogP contribution in [0.25, 0.3) is 0 Å². The average molecular weight is 436 g/mol. The molecule has 3 nitrogen and oxygen atoms in total. The van der Waals surface area contributed by atoms with Crippen molar-refractivity contribution < 1.29 is 9.53 Å². The molecule has 0 heterocycles. The lowest BCUT2D eigenvalue weighted by Crippen LogP contribution is -2.22. The van der Waals surface area contributed by atoms with Crippen molar-refractivity contribution in [1.82, 2.24) is 0 Å². The van der Waals surface area contributed by atoms with Gasteiger partial charge in [-0.25, -0.2) is 4.79 Å². The number of nitrogens with two attached hydrogens (primary N) is 1. The van der Waals surface area contributed by atoms with E-state index in [0.717, 1.165) is 32.1 Å². The molecule has 2 N–H and O–H groups in total. The van der Waals surface area contributed by atoms with E-state index in [1.54, 1.807) is 0 Å². The Morgan fingerprint density at radius 2 is 1.06 bits per heavy atom. The second kappa shape index (κ2) is 25.0. The Kier molecular flexibility index (Phi) is 24.0. The largest absolute Gasteiger partial charge is 0.446 e. The fourth-order valence-corrected chi connectivity index (χ4v) is 3.95. The van der Waals surface area contributed by atoms with Crippen molar-refractivity contribution in [3.8, 4) is 0 Å². The summed E-state index contributed by atoms with van der Waals surface area (Å²) >= 11 is 0. The van der Waals surface area contributed by atoms with Gasteiger partial charge in [-0.1, -0.05) is 102 Å². The van der Waals surface area contributed by atoms with Crippen LogP contribution in [0.2, 0.25) is 0 Å². The lowest BCUT2D eigenvalue weighted by molar-refractivity contribution is 0.0921. The Hall–Kier alpha value is -1.25. The second-order valence-electron chi connectivity index (χ2n) is 8.95. The van der Waals surface area contributed by atoms with Crippen molar-refractivity contribution in [2.24, 2.45) is 5.73 Å². The molecule has 0 aromatic rings. The summed E-state index contributed by atoms with van der Waals surface area (Å²) in [5.41, 5.74) is 5.28. The zero-order valence-electron chi connectivity index (χ0n) is 20.9. The molecule has 0 radical (unpaired) electrons. The van der Waals surface area contributed by atoms with Crippen molar-refractivity contribution in [1.29, 1.82) is 0 Å². The monoisotopic (exact) mass is 435 g/mol. The quantitative estimate of drug-likeness (QED) is 0.128. The maximum absolute atomic E-state index is 11.2. The molecule has 0 fully saturated rings. The molecular weight excluding hydrogens is 382 g/mol. The summed E-state index contributed by atoms with van der Waals surface area (Å²) in [6, 6.07) is 0. The molecule has 0 aliphatic heterocycles. The Morgan fingerprint density at radius 1 is 0.645 bits per heavy atom. The number of rotatable bonds is 23. The van der Waals surface area contributed by atoms with Gasteiger partial charge in [0.15, 0.2) is 0 Å². The van der Waals surface area contributed by atoms with Gasteiger partial charge >= 0.3 is 6.09 Å².